The van der Waals surface area contributed by atoms with Crippen molar-refractivity contribution < 1.29 is 14.3 Å². The number of nitriles is 1. The Bertz CT molecular complexity index is 831. The van der Waals surface area contributed by atoms with Crippen molar-refractivity contribution in [3.63, 3.8) is 0 Å². The molecule has 122 valence electrons. The fraction of sp³-hybridized carbons (Fsp3) is 0.118. The van der Waals surface area contributed by atoms with Gasteiger partial charge in [-0.15, -0.1) is 0 Å². The number of amides is 1. The first-order valence-corrected chi connectivity index (χ1v) is 7.64. The van der Waals surface area contributed by atoms with Gasteiger partial charge in [0.1, 0.15) is 6.07 Å². The summed E-state index contributed by atoms with van der Waals surface area (Å²) in [5.41, 5.74) is 0.720. The van der Waals surface area contributed by atoms with Crippen molar-refractivity contribution in [3.8, 4) is 6.07 Å². The van der Waals surface area contributed by atoms with Crippen LogP contribution in [-0.2, 0) is 9.53 Å². The highest BCUT2D eigenvalue weighted by Crippen LogP contribution is 2.26. The van der Waals surface area contributed by atoms with E-state index in [0.717, 1.165) is 0 Å². The summed E-state index contributed by atoms with van der Waals surface area (Å²) in [5, 5.41) is 11.8. The van der Waals surface area contributed by atoms with E-state index < -0.39 is 18.0 Å². The first kappa shape index (κ1) is 17.8. The van der Waals surface area contributed by atoms with Crippen LogP contribution in [0.2, 0.25) is 10.0 Å². The zero-order valence-corrected chi connectivity index (χ0v) is 14.1. The largest absolute Gasteiger partial charge is 0.449 e. The Morgan fingerprint density at radius 3 is 2.58 bits per heavy atom. The SMILES string of the molecule is C[C@@H](OC(=O)c1cccc(Cl)c1Cl)C(=O)Nc1ccccc1C#N. The minimum absolute atomic E-state index is 0.0617. The number of hydrogen-bond donors (Lipinski definition) is 1. The number of benzene rings is 2. The zero-order valence-electron chi connectivity index (χ0n) is 12.5. The van der Waals surface area contributed by atoms with Crippen molar-refractivity contribution in [3.05, 3.63) is 63.6 Å². The molecule has 1 N–H and O–H groups in total. The van der Waals surface area contributed by atoms with E-state index in [1.165, 1.54) is 19.1 Å². The summed E-state index contributed by atoms with van der Waals surface area (Å²) in [4.78, 5) is 24.3. The van der Waals surface area contributed by atoms with Crippen LogP contribution in [0.15, 0.2) is 42.5 Å². The molecule has 5 nitrogen and oxygen atoms in total. The molecule has 0 heterocycles. The normalized spacial score (nSPS) is 11.2. The van der Waals surface area contributed by atoms with Crippen molar-refractivity contribution in [2.24, 2.45) is 0 Å². The highest BCUT2D eigenvalue weighted by Gasteiger charge is 2.22. The molecule has 0 radical (unpaired) electrons. The fourth-order valence-corrected chi connectivity index (χ4v) is 2.24. The molecule has 2 rings (SSSR count). The third-order valence-electron chi connectivity index (χ3n) is 3.13. The minimum atomic E-state index is -1.08. The summed E-state index contributed by atoms with van der Waals surface area (Å²) in [7, 11) is 0. The second-order valence-corrected chi connectivity index (χ2v) is 5.58. The summed E-state index contributed by atoms with van der Waals surface area (Å²) in [6, 6.07) is 13.0. The summed E-state index contributed by atoms with van der Waals surface area (Å²) >= 11 is 11.8. The smallest absolute Gasteiger partial charge is 0.340 e. The molecule has 0 bridgehead atoms. The molecule has 0 aliphatic heterocycles. The summed E-state index contributed by atoms with van der Waals surface area (Å²) in [6.45, 7) is 1.42. The number of rotatable bonds is 4. The lowest BCUT2D eigenvalue weighted by atomic mass is 10.2. The Balaban J connectivity index is 2.08. The van der Waals surface area contributed by atoms with Gasteiger partial charge in [-0.1, -0.05) is 41.4 Å². The van der Waals surface area contributed by atoms with E-state index in [1.54, 1.807) is 30.3 Å². The topological polar surface area (TPSA) is 79.2 Å². The van der Waals surface area contributed by atoms with Crippen molar-refractivity contribution in [2.75, 3.05) is 5.32 Å². The van der Waals surface area contributed by atoms with Crippen LogP contribution in [0.4, 0.5) is 5.69 Å². The Morgan fingerprint density at radius 2 is 1.88 bits per heavy atom. The van der Waals surface area contributed by atoms with Crippen LogP contribution in [0, 0.1) is 11.3 Å². The molecule has 1 atom stereocenters. The van der Waals surface area contributed by atoms with Gasteiger partial charge in [0.05, 0.1) is 26.9 Å². The molecular weight excluding hydrogens is 351 g/mol. The van der Waals surface area contributed by atoms with E-state index >= 15 is 0 Å². The van der Waals surface area contributed by atoms with Crippen molar-refractivity contribution in [2.45, 2.75) is 13.0 Å². The number of ether oxygens (including phenoxy) is 1. The van der Waals surface area contributed by atoms with Gasteiger partial charge >= 0.3 is 5.97 Å². The standard InChI is InChI=1S/C17H12Cl2N2O3/c1-10(16(22)21-14-8-3-2-5-11(14)9-20)24-17(23)12-6-4-7-13(18)15(12)19/h2-8,10H,1H3,(H,21,22)/t10-/m1/s1. The number of carbonyl (C=O) groups is 2. The highest BCUT2D eigenvalue weighted by molar-refractivity contribution is 6.43. The fourth-order valence-electron chi connectivity index (χ4n) is 1.86. The maximum Gasteiger partial charge on any atom is 0.340 e. The van der Waals surface area contributed by atoms with Crippen molar-refractivity contribution in [1.82, 2.24) is 0 Å². The number of hydrogen-bond acceptors (Lipinski definition) is 4. The molecule has 24 heavy (non-hydrogen) atoms. The molecule has 7 heteroatoms. The molecule has 0 fully saturated rings. The van der Waals surface area contributed by atoms with Crippen LogP contribution in [-0.4, -0.2) is 18.0 Å². The van der Waals surface area contributed by atoms with Crippen LogP contribution < -0.4 is 5.32 Å². The summed E-state index contributed by atoms with van der Waals surface area (Å²) in [6.07, 6.45) is -1.08. The van der Waals surface area contributed by atoms with Crippen molar-refractivity contribution >= 4 is 40.8 Å². The van der Waals surface area contributed by atoms with Crippen LogP contribution in [0.5, 0.6) is 0 Å². The molecule has 0 unspecified atom stereocenters. The van der Waals surface area contributed by atoms with Gasteiger partial charge in [0.2, 0.25) is 0 Å². The first-order valence-electron chi connectivity index (χ1n) is 6.89. The Kier molecular flexibility index (Phi) is 5.80. The number of esters is 1. The average Bonchev–Trinajstić information content (AvgIpc) is 2.57. The molecule has 0 aromatic heterocycles. The highest BCUT2D eigenvalue weighted by atomic mass is 35.5. The predicted molar refractivity (Wildman–Crippen MR) is 91.1 cm³/mol. The van der Waals surface area contributed by atoms with Gasteiger partial charge in [-0.25, -0.2) is 4.79 Å². The number of para-hydroxylation sites is 1. The van der Waals surface area contributed by atoms with Gasteiger partial charge in [0.15, 0.2) is 6.10 Å². The molecule has 0 saturated carbocycles. The number of carbonyl (C=O) groups excluding carboxylic acids is 2. The molecule has 2 aromatic rings. The van der Waals surface area contributed by atoms with Crippen LogP contribution >= 0.6 is 23.2 Å². The van der Waals surface area contributed by atoms with Gasteiger partial charge < -0.3 is 10.1 Å². The van der Waals surface area contributed by atoms with E-state index in [9.17, 15) is 9.59 Å². The number of halogens is 2. The van der Waals surface area contributed by atoms with E-state index in [4.69, 9.17) is 33.2 Å². The Morgan fingerprint density at radius 1 is 1.17 bits per heavy atom. The minimum Gasteiger partial charge on any atom is -0.449 e. The number of anilines is 1. The molecule has 0 aliphatic carbocycles. The Labute approximate surface area is 148 Å². The summed E-state index contributed by atoms with van der Waals surface area (Å²) in [5.74, 6) is -1.33. The number of nitrogens with zero attached hydrogens (tertiary/aromatic N) is 1. The van der Waals surface area contributed by atoms with Gasteiger partial charge in [-0.3, -0.25) is 4.79 Å². The van der Waals surface area contributed by atoms with E-state index in [0.29, 0.717) is 11.3 Å². The average molecular weight is 363 g/mol. The predicted octanol–water partition coefficient (Wildman–Crippen LogP) is 4.05. The first-order chi connectivity index (χ1) is 11.4. The quantitative estimate of drug-likeness (QED) is 0.832. The monoisotopic (exact) mass is 362 g/mol. The Hall–Kier alpha value is -2.55. The third kappa shape index (κ3) is 4.05. The second-order valence-electron chi connectivity index (χ2n) is 4.80. The van der Waals surface area contributed by atoms with E-state index in [-0.39, 0.29) is 15.6 Å². The molecule has 0 saturated heterocycles. The van der Waals surface area contributed by atoms with Gasteiger partial charge in [-0.05, 0) is 31.2 Å². The van der Waals surface area contributed by atoms with Gasteiger partial charge in [0, 0.05) is 0 Å². The summed E-state index contributed by atoms with van der Waals surface area (Å²) < 4.78 is 5.10. The van der Waals surface area contributed by atoms with Crippen molar-refractivity contribution in [1.29, 1.82) is 5.26 Å². The van der Waals surface area contributed by atoms with Gasteiger partial charge in [0.25, 0.3) is 5.91 Å². The maximum absolute atomic E-state index is 12.1. The maximum atomic E-state index is 12.1. The molecule has 1 amide bonds. The van der Waals surface area contributed by atoms with Crippen LogP contribution in [0.3, 0.4) is 0 Å². The van der Waals surface area contributed by atoms with Gasteiger partial charge in [-0.2, -0.15) is 5.26 Å². The van der Waals surface area contributed by atoms with Crippen LogP contribution in [0.1, 0.15) is 22.8 Å². The second kappa shape index (κ2) is 7.82. The van der Waals surface area contributed by atoms with E-state index in [1.807, 2.05) is 6.07 Å². The van der Waals surface area contributed by atoms with E-state index in [2.05, 4.69) is 5.32 Å². The third-order valence-corrected chi connectivity index (χ3v) is 3.95. The molecule has 0 spiro atoms. The molecule has 2 aromatic carbocycles. The zero-order chi connectivity index (χ0) is 17.7. The lowest BCUT2D eigenvalue weighted by Gasteiger charge is -2.14. The number of nitrogens with one attached hydrogen (secondary N) is 1. The lowest BCUT2D eigenvalue weighted by molar-refractivity contribution is -0.123. The van der Waals surface area contributed by atoms with Crippen LogP contribution in [0.25, 0.3) is 0 Å². The molecule has 0 aliphatic rings. The molecular formula is C17H12Cl2N2O3. The lowest BCUT2D eigenvalue weighted by Crippen LogP contribution is -2.30.